The molecular formula is C14H16N2. The van der Waals surface area contributed by atoms with Crippen molar-refractivity contribution < 1.29 is 0 Å². The molecule has 1 aromatic carbocycles. The highest BCUT2D eigenvalue weighted by atomic mass is 14.9. The molecule has 16 heavy (non-hydrogen) atoms. The van der Waals surface area contributed by atoms with Crippen LogP contribution < -0.4 is 5.32 Å². The zero-order chi connectivity index (χ0) is 11.0. The number of benzene rings is 1. The molecule has 3 rings (SSSR count). The summed E-state index contributed by atoms with van der Waals surface area (Å²) >= 11 is 0. The second-order valence-electron chi connectivity index (χ2n) is 4.42. The molecule has 1 saturated carbocycles. The number of anilines is 1. The van der Waals surface area contributed by atoms with Crippen molar-refractivity contribution in [2.24, 2.45) is 0 Å². The summed E-state index contributed by atoms with van der Waals surface area (Å²) in [5.74, 6) is 0.710. The molecule has 1 aromatic heterocycles. The van der Waals surface area contributed by atoms with E-state index in [0.717, 1.165) is 12.1 Å². The monoisotopic (exact) mass is 212 g/mol. The van der Waals surface area contributed by atoms with Crippen LogP contribution in [0.2, 0.25) is 0 Å². The van der Waals surface area contributed by atoms with Crippen LogP contribution in [-0.4, -0.2) is 11.5 Å². The quantitative estimate of drug-likeness (QED) is 0.841. The van der Waals surface area contributed by atoms with Crippen LogP contribution in [0.1, 0.15) is 31.4 Å². The Hall–Kier alpha value is -1.57. The van der Waals surface area contributed by atoms with Gasteiger partial charge in [0.25, 0.3) is 0 Å². The average molecular weight is 212 g/mol. The maximum atomic E-state index is 4.74. The van der Waals surface area contributed by atoms with E-state index in [1.54, 1.807) is 0 Å². The highest BCUT2D eigenvalue weighted by molar-refractivity contribution is 5.91. The van der Waals surface area contributed by atoms with Crippen LogP contribution in [0, 0.1) is 0 Å². The standard InChI is InChI=1S/C14H16N2/c1-2-15-14-9-13(10-7-8-10)16-12-6-4-3-5-11(12)14/h3-6,9-10H,2,7-8H2,1H3,(H,15,16). The molecule has 0 radical (unpaired) electrons. The lowest BCUT2D eigenvalue weighted by atomic mass is 10.1. The molecule has 1 aliphatic rings. The van der Waals surface area contributed by atoms with Gasteiger partial charge in [-0.25, -0.2) is 0 Å². The Bertz CT molecular complexity index is 515. The smallest absolute Gasteiger partial charge is 0.0726 e. The van der Waals surface area contributed by atoms with Crippen LogP contribution in [-0.2, 0) is 0 Å². The molecule has 0 saturated heterocycles. The van der Waals surface area contributed by atoms with Gasteiger partial charge in [-0.2, -0.15) is 0 Å². The van der Waals surface area contributed by atoms with Crippen LogP contribution in [0.5, 0.6) is 0 Å². The van der Waals surface area contributed by atoms with Gasteiger partial charge >= 0.3 is 0 Å². The number of hydrogen-bond donors (Lipinski definition) is 1. The van der Waals surface area contributed by atoms with Gasteiger partial charge in [-0.15, -0.1) is 0 Å². The molecule has 0 bridgehead atoms. The molecule has 1 N–H and O–H groups in total. The van der Waals surface area contributed by atoms with Crippen LogP contribution >= 0.6 is 0 Å². The first-order valence-corrected chi connectivity index (χ1v) is 6.02. The second-order valence-corrected chi connectivity index (χ2v) is 4.42. The molecule has 0 unspecified atom stereocenters. The van der Waals surface area contributed by atoms with Crippen molar-refractivity contribution >= 4 is 16.6 Å². The fourth-order valence-corrected chi connectivity index (χ4v) is 2.12. The van der Waals surface area contributed by atoms with Crippen LogP contribution in [0.15, 0.2) is 30.3 Å². The zero-order valence-electron chi connectivity index (χ0n) is 9.53. The predicted molar refractivity (Wildman–Crippen MR) is 67.9 cm³/mol. The second kappa shape index (κ2) is 3.78. The number of pyridine rings is 1. The Morgan fingerprint density at radius 1 is 1.31 bits per heavy atom. The van der Waals surface area contributed by atoms with Gasteiger partial charge in [0, 0.05) is 29.2 Å². The van der Waals surface area contributed by atoms with E-state index in [-0.39, 0.29) is 0 Å². The van der Waals surface area contributed by atoms with Crippen molar-refractivity contribution in [2.75, 3.05) is 11.9 Å². The number of para-hydroxylation sites is 1. The number of nitrogens with zero attached hydrogens (tertiary/aromatic N) is 1. The van der Waals surface area contributed by atoms with E-state index in [1.165, 1.54) is 29.6 Å². The van der Waals surface area contributed by atoms with Crippen molar-refractivity contribution in [3.8, 4) is 0 Å². The van der Waals surface area contributed by atoms with Gasteiger partial charge in [0.15, 0.2) is 0 Å². The predicted octanol–water partition coefficient (Wildman–Crippen LogP) is 3.54. The third-order valence-corrected chi connectivity index (χ3v) is 3.10. The Morgan fingerprint density at radius 3 is 2.88 bits per heavy atom. The van der Waals surface area contributed by atoms with Crippen molar-refractivity contribution in [2.45, 2.75) is 25.7 Å². The summed E-state index contributed by atoms with van der Waals surface area (Å²) in [6, 6.07) is 10.6. The Labute approximate surface area is 95.7 Å². The summed E-state index contributed by atoms with van der Waals surface area (Å²) in [7, 11) is 0. The van der Waals surface area contributed by atoms with Gasteiger partial charge in [-0.3, -0.25) is 4.98 Å². The normalized spacial score (nSPS) is 15.3. The van der Waals surface area contributed by atoms with Crippen molar-refractivity contribution in [1.82, 2.24) is 4.98 Å². The zero-order valence-corrected chi connectivity index (χ0v) is 9.53. The van der Waals surface area contributed by atoms with E-state index >= 15 is 0 Å². The first kappa shape index (κ1) is 9.64. The summed E-state index contributed by atoms with van der Waals surface area (Å²) < 4.78 is 0. The molecule has 0 amide bonds. The van der Waals surface area contributed by atoms with Crippen molar-refractivity contribution in [3.63, 3.8) is 0 Å². The highest BCUT2D eigenvalue weighted by Gasteiger charge is 2.25. The van der Waals surface area contributed by atoms with Crippen LogP contribution in [0.3, 0.4) is 0 Å². The molecule has 2 heteroatoms. The van der Waals surface area contributed by atoms with Crippen LogP contribution in [0.4, 0.5) is 5.69 Å². The third kappa shape index (κ3) is 1.64. The summed E-state index contributed by atoms with van der Waals surface area (Å²) in [4.78, 5) is 4.74. The van der Waals surface area contributed by atoms with E-state index in [4.69, 9.17) is 4.98 Å². The lowest BCUT2D eigenvalue weighted by Gasteiger charge is -2.10. The SMILES string of the molecule is CCNc1cc(C2CC2)nc2ccccc12. The summed E-state index contributed by atoms with van der Waals surface area (Å²) in [6.45, 7) is 3.09. The molecule has 1 aliphatic carbocycles. The van der Waals surface area contributed by atoms with Gasteiger partial charge in [0.2, 0.25) is 0 Å². The molecule has 0 aliphatic heterocycles. The molecule has 1 fully saturated rings. The summed E-state index contributed by atoms with van der Waals surface area (Å²) in [5.41, 5.74) is 3.60. The number of nitrogens with one attached hydrogen (secondary N) is 1. The lowest BCUT2D eigenvalue weighted by molar-refractivity contribution is 1.04. The van der Waals surface area contributed by atoms with Gasteiger partial charge in [-0.1, -0.05) is 18.2 Å². The molecule has 82 valence electrons. The third-order valence-electron chi connectivity index (χ3n) is 3.10. The average Bonchev–Trinajstić information content (AvgIpc) is 3.13. The topological polar surface area (TPSA) is 24.9 Å². The van der Waals surface area contributed by atoms with Crippen molar-refractivity contribution in [3.05, 3.63) is 36.0 Å². The molecule has 0 atom stereocenters. The van der Waals surface area contributed by atoms with Gasteiger partial charge in [0.1, 0.15) is 0 Å². The Morgan fingerprint density at radius 2 is 2.12 bits per heavy atom. The largest absolute Gasteiger partial charge is 0.385 e. The van der Waals surface area contributed by atoms with E-state index in [1.807, 2.05) is 0 Å². The Balaban J connectivity index is 2.18. The number of fused-ring (bicyclic) bond motifs is 1. The van der Waals surface area contributed by atoms with E-state index in [0.29, 0.717) is 5.92 Å². The minimum atomic E-state index is 0.710. The van der Waals surface area contributed by atoms with Gasteiger partial charge in [-0.05, 0) is 31.9 Å². The van der Waals surface area contributed by atoms with E-state index in [9.17, 15) is 0 Å². The molecule has 2 nitrogen and oxygen atoms in total. The number of hydrogen-bond acceptors (Lipinski definition) is 2. The molecule has 0 spiro atoms. The maximum Gasteiger partial charge on any atom is 0.0726 e. The fourth-order valence-electron chi connectivity index (χ4n) is 2.12. The van der Waals surface area contributed by atoms with Gasteiger partial charge in [0.05, 0.1) is 5.52 Å². The highest BCUT2D eigenvalue weighted by Crippen LogP contribution is 2.40. The first-order valence-electron chi connectivity index (χ1n) is 6.02. The fraction of sp³-hybridized carbons (Fsp3) is 0.357. The Kier molecular flexibility index (Phi) is 2.28. The number of rotatable bonds is 3. The maximum absolute atomic E-state index is 4.74. The minimum absolute atomic E-state index is 0.710. The van der Waals surface area contributed by atoms with Crippen molar-refractivity contribution in [1.29, 1.82) is 0 Å². The molecule has 1 heterocycles. The van der Waals surface area contributed by atoms with Gasteiger partial charge < -0.3 is 5.32 Å². The first-order chi connectivity index (χ1) is 7.88. The van der Waals surface area contributed by atoms with E-state index < -0.39 is 0 Å². The molecular weight excluding hydrogens is 196 g/mol. The summed E-state index contributed by atoms with van der Waals surface area (Å²) in [6.07, 6.45) is 2.60. The van der Waals surface area contributed by atoms with Crippen LogP contribution in [0.25, 0.3) is 10.9 Å². The summed E-state index contributed by atoms with van der Waals surface area (Å²) in [5, 5.41) is 4.66. The van der Waals surface area contributed by atoms with E-state index in [2.05, 4.69) is 42.6 Å². The lowest BCUT2D eigenvalue weighted by Crippen LogP contribution is -2.00. The minimum Gasteiger partial charge on any atom is -0.385 e. The molecule has 2 aromatic rings. The number of aromatic nitrogens is 1.